The number of allylic oxidation sites excluding steroid dienone is 2. The highest BCUT2D eigenvalue weighted by Crippen LogP contribution is 2.28. The molecule has 18 heavy (non-hydrogen) atoms. The van der Waals surface area contributed by atoms with E-state index < -0.39 is 27.6 Å². The minimum atomic E-state index is -4.94. The Morgan fingerprint density at radius 1 is 1.33 bits per heavy atom. The van der Waals surface area contributed by atoms with Crippen molar-refractivity contribution in [1.82, 2.24) is 5.32 Å². The summed E-state index contributed by atoms with van der Waals surface area (Å²) in [5.41, 5.74) is 0.0607. The lowest BCUT2D eigenvalue weighted by Crippen LogP contribution is -2.37. The van der Waals surface area contributed by atoms with Gasteiger partial charge in [-0.05, 0) is 26.8 Å². The summed E-state index contributed by atoms with van der Waals surface area (Å²) in [6.45, 7) is 5.14. The Kier molecular flexibility index (Phi) is 4.05. The summed E-state index contributed by atoms with van der Waals surface area (Å²) in [5.74, 6) is -2.04. The highest BCUT2D eigenvalue weighted by molar-refractivity contribution is 7.90. The maximum Gasteiger partial charge on any atom is 0.471 e. The molecule has 3 nitrogen and oxygen atoms in total. The summed E-state index contributed by atoms with van der Waals surface area (Å²) in [4.78, 5) is 11.1. The molecule has 7 heteroatoms. The molecule has 0 saturated heterocycles. The second-order valence-electron chi connectivity index (χ2n) is 4.78. The molecule has 1 unspecified atom stereocenters. The number of carbonyl (C=O) groups excluding carboxylic acids is 1. The molecule has 0 spiro atoms. The van der Waals surface area contributed by atoms with Crippen LogP contribution in [0.4, 0.5) is 13.2 Å². The van der Waals surface area contributed by atoms with Crippen LogP contribution in [0.5, 0.6) is 0 Å². The number of halogens is 3. The number of amides is 1. The van der Waals surface area contributed by atoms with Crippen LogP contribution in [0.2, 0.25) is 0 Å². The Hall–Kier alpha value is -1.11. The topological polar surface area (TPSA) is 46.2 Å². The molecule has 1 aliphatic carbocycles. The highest BCUT2D eigenvalue weighted by Gasteiger charge is 2.40. The summed E-state index contributed by atoms with van der Waals surface area (Å²) in [5, 5.41) is 1.78. The van der Waals surface area contributed by atoms with Crippen molar-refractivity contribution in [3.63, 3.8) is 0 Å². The lowest BCUT2D eigenvalue weighted by Gasteiger charge is -2.19. The lowest BCUT2D eigenvalue weighted by molar-refractivity contribution is -0.172. The van der Waals surface area contributed by atoms with Crippen molar-refractivity contribution in [3.8, 4) is 0 Å². The third-order valence-electron chi connectivity index (χ3n) is 2.17. The molecular formula is C11H14F3NO2S. The van der Waals surface area contributed by atoms with E-state index in [9.17, 15) is 22.2 Å². The molecule has 0 bridgehead atoms. The highest BCUT2D eigenvalue weighted by atomic mass is 32.2. The van der Waals surface area contributed by atoms with Crippen molar-refractivity contribution >= 4 is 16.7 Å². The van der Waals surface area contributed by atoms with Crippen molar-refractivity contribution in [2.45, 2.75) is 38.1 Å². The van der Waals surface area contributed by atoms with Gasteiger partial charge < -0.3 is 5.32 Å². The molecule has 0 aromatic carbocycles. The van der Waals surface area contributed by atoms with Crippen LogP contribution in [0.1, 0.15) is 27.2 Å². The van der Waals surface area contributed by atoms with Gasteiger partial charge in [-0.15, -0.1) is 0 Å². The molecule has 1 aliphatic rings. The van der Waals surface area contributed by atoms with Crippen molar-refractivity contribution < 1.29 is 22.2 Å². The van der Waals surface area contributed by atoms with Gasteiger partial charge in [-0.2, -0.15) is 13.2 Å². The van der Waals surface area contributed by atoms with Gasteiger partial charge in [0.2, 0.25) is 0 Å². The van der Waals surface area contributed by atoms with Crippen LogP contribution in [0.3, 0.4) is 0 Å². The van der Waals surface area contributed by atoms with Crippen LogP contribution >= 0.6 is 0 Å². The summed E-state index contributed by atoms with van der Waals surface area (Å²) in [7, 11) is -1.48. The fraction of sp³-hybridized carbons (Fsp3) is 0.545. The molecule has 0 saturated carbocycles. The molecule has 1 N–H and O–H groups in total. The van der Waals surface area contributed by atoms with Crippen molar-refractivity contribution in [2.24, 2.45) is 0 Å². The van der Waals surface area contributed by atoms with Crippen LogP contribution < -0.4 is 5.32 Å². The fourth-order valence-corrected chi connectivity index (χ4v) is 2.55. The number of hydrogen-bond acceptors (Lipinski definition) is 2. The molecule has 0 radical (unpaired) electrons. The number of rotatable bonds is 2. The molecular weight excluding hydrogens is 267 g/mol. The van der Waals surface area contributed by atoms with E-state index in [1.54, 1.807) is 32.2 Å². The third kappa shape index (κ3) is 3.44. The van der Waals surface area contributed by atoms with Crippen molar-refractivity contribution in [3.05, 3.63) is 22.8 Å². The largest absolute Gasteiger partial charge is 0.471 e. The van der Waals surface area contributed by atoms with E-state index in [0.717, 1.165) is 0 Å². The summed E-state index contributed by atoms with van der Waals surface area (Å²) >= 11 is 0. The Balaban J connectivity index is 2.95. The Labute approximate surface area is 106 Å². The Morgan fingerprint density at radius 2 is 1.89 bits per heavy atom. The number of carbonyl (C=O) groups is 1. The predicted molar refractivity (Wildman–Crippen MR) is 62.9 cm³/mol. The number of hydrogen-bond donors (Lipinski definition) is 1. The standard InChI is InChI=1S/C11H14F3NO2S/c1-10(2,3)18(17)8-6-4-5-7(8)15-9(16)11(12,13)14/h4,6H,5H2,1-3H3,(H,15,16). The van der Waals surface area contributed by atoms with Crippen LogP contribution in [0.25, 0.3) is 0 Å². The first kappa shape index (κ1) is 14.9. The normalized spacial score (nSPS) is 18.1. The maximum atomic E-state index is 12.1. The smallest absolute Gasteiger partial charge is 0.320 e. The molecule has 1 amide bonds. The second kappa shape index (κ2) is 4.87. The molecule has 0 aromatic rings. The molecule has 1 atom stereocenters. The molecule has 0 aromatic heterocycles. The average Bonchev–Trinajstić information content (AvgIpc) is 2.61. The van der Waals surface area contributed by atoms with Crippen LogP contribution in [0.15, 0.2) is 22.8 Å². The Morgan fingerprint density at radius 3 is 2.33 bits per heavy atom. The first-order chi connectivity index (χ1) is 8.03. The summed E-state index contributed by atoms with van der Waals surface area (Å²) in [6.07, 6.45) is -1.72. The van der Waals surface area contributed by atoms with Crippen LogP contribution in [-0.4, -0.2) is 21.0 Å². The molecule has 0 fully saturated rings. The minimum Gasteiger partial charge on any atom is -0.320 e. The van der Waals surface area contributed by atoms with E-state index in [2.05, 4.69) is 0 Å². The van der Waals surface area contributed by atoms with Crippen molar-refractivity contribution in [1.29, 1.82) is 0 Å². The maximum absolute atomic E-state index is 12.1. The van der Waals surface area contributed by atoms with Gasteiger partial charge in [-0.1, -0.05) is 6.08 Å². The zero-order valence-corrected chi connectivity index (χ0v) is 11.0. The SMILES string of the molecule is CC(C)(C)S(=O)C1=C(NC(=O)C(F)(F)F)CC=C1. The van der Waals surface area contributed by atoms with Gasteiger partial charge in [-0.25, -0.2) is 0 Å². The predicted octanol–water partition coefficient (Wildman–Crippen LogP) is 2.38. The van der Waals surface area contributed by atoms with Crippen LogP contribution in [0, 0.1) is 0 Å². The van der Waals surface area contributed by atoms with E-state index in [1.165, 1.54) is 6.08 Å². The minimum absolute atomic E-state index is 0.0607. The van der Waals surface area contributed by atoms with Gasteiger partial charge in [0.1, 0.15) is 0 Å². The van der Waals surface area contributed by atoms with Crippen LogP contribution in [-0.2, 0) is 15.6 Å². The number of nitrogens with one attached hydrogen (secondary N) is 1. The van der Waals surface area contributed by atoms with Crippen molar-refractivity contribution in [2.75, 3.05) is 0 Å². The van der Waals surface area contributed by atoms with E-state index in [4.69, 9.17) is 0 Å². The summed E-state index contributed by atoms with van der Waals surface area (Å²) < 4.78 is 47.9. The first-order valence-electron chi connectivity index (χ1n) is 5.23. The molecule has 0 heterocycles. The van der Waals surface area contributed by atoms with Gasteiger partial charge in [0.25, 0.3) is 0 Å². The quantitative estimate of drug-likeness (QED) is 0.844. The molecule has 0 aliphatic heterocycles. The zero-order valence-electron chi connectivity index (χ0n) is 10.2. The van der Waals surface area contributed by atoms with E-state index >= 15 is 0 Å². The van der Waals surface area contributed by atoms with Gasteiger partial charge in [0.05, 0.1) is 15.7 Å². The number of alkyl halides is 3. The third-order valence-corrected chi connectivity index (χ3v) is 4.06. The van der Waals surface area contributed by atoms with Gasteiger partial charge >= 0.3 is 12.1 Å². The fourth-order valence-electron chi connectivity index (χ4n) is 1.31. The van der Waals surface area contributed by atoms with E-state index in [-0.39, 0.29) is 17.0 Å². The lowest BCUT2D eigenvalue weighted by atomic mass is 10.3. The Bertz CT molecular complexity index is 444. The monoisotopic (exact) mass is 281 g/mol. The van der Waals surface area contributed by atoms with Gasteiger partial charge in [0.15, 0.2) is 0 Å². The second-order valence-corrected chi connectivity index (χ2v) is 6.98. The average molecular weight is 281 g/mol. The first-order valence-corrected chi connectivity index (χ1v) is 6.38. The summed E-state index contributed by atoms with van der Waals surface area (Å²) in [6, 6.07) is 0. The molecule has 102 valence electrons. The van der Waals surface area contributed by atoms with Gasteiger partial charge in [-0.3, -0.25) is 9.00 Å². The van der Waals surface area contributed by atoms with Gasteiger partial charge in [0, 0.05) is 16.9 Å². The zero-order chi connectivity index (χ0) is 14.1. The van der Waals surface area contributed by atoms with E-state index in [0.29, 0.717) is 0 Å². The van der Waals surface area contributed by atoms with E-state index in [1.807, 2.05) is 0 Å². The molecule has 1 rings (SSSR count).